The summed E-state index contributed by atoms with van der Waals surface area (Å²) >= 11 is 0. The third-order valence-corrected chi connectivity index (χ3v) is 4.23. The second kappa shape index (κ2) is 5.10. The molecule has 2 aromatic heterocycles. The van der Waals surface area contributed by atoms with E-state index in [4.69, 9.17) is 4.52 Å². The summed E-state index contributed by atoms with van der Waals surface area (Å²) in [5, 5.41) is 10.2. The van der Waals surface area contributed by atoms with Crippen molar-refractivity contribution in [3.8, 4) is 0 Å². The van der Waals surface area contributed by atoms with Crippen LogP contribution in [0.2, 0.25) is 0 Å². The van der Waals surface area contributed by atoms with Crippen LogP contribution in [-0.2, 0) is 22.3 Å². The summed E-state index contributed by atoms with van der Waals surface area (Å²) in [6, 6.07) is 1.60. The molecule has 0 spiro atoms. The first kappa shape index (κ1) is 13.7. The third kappa shape index (κ3) is 3.38. The van der Waals surface area contributed by atoms with Crippen molar-refractivity contribution in [2.45, 2.75) is 26.1 Å². The lowest BCUT2D eigenvalue weighted by Gasteiger charge is -2.14. The lowest BCUT2D eigenvalue weighted by molar-refractivity contribution is 0.391. The van der Waals surface area contributed by atoms with Crippen LogP contribution in [0.3, 0.4) is 0 Å². The Kier molecular flexibility index (Phi) is 3.67. The Morgan fingerprint density at radius 2 is 2.16 bits per heavy atom. The molecule has 2 rings (SSSR count). The van der Waals surface area contributed by atoms with Gasteiger partial charge in [0.2, 0.25) is 10.0 Å². The third-order valence-electron chi connectivity index (χ3n) is 2.49. The maximum absolute atomic E-state index is 12.1. The quantitative estimate of drug-likeness (QED) is 0.851. The van der Waals surface area contributed by atoms with Gasteiger partial charge in [-0.25, -0.2) is 13.4 Å². The minimum absolute atomic E-state index is 0.115. The Morgan fingerprint density at radius 1 is 1.42 bits per heavy atom. The van der Waals surface area contributed by atoms with Crippen molar-refractivity contribution < 1.29 is 12.9 Å². The summed E-state index contributed by atoms with van der Waals surface area (Å²) in [4.78, 5) is 4.07. The van der Waals surface area contributed by atoms with E-state index in [1.54, 1.807) is 19.9 Å². The summed E-state index contributed by atoms with van der Waals surface area (Å²) < 4.78 is 30.2. The zero-order valence-corrected chi connectivity index (χ0v) is 11.7. The number of aryl methyl sites for hydroxylation is 2. The number of aromatic nitrogens is 4. The molecule has 0 aromatic carbocycles. The molecule has 2 heterocycles. The standard InChI is InChI=1S/C10H15N5O3S/c1-7-4-9(14-18-7)6-19(16,17)15(3)5-10-11-8(2)12-13-10/h4H,5-6H2,1-3H3,(H,11,12,13). The molecule has 0 aliphatic carbocycles. The lowest BCUT2D eigenvalue weighted by Crippen LogP contribution is -2.28. The summed E-state index contributed by atoms with van der Waals surface area (Å²) in [6.07, 6.45) is 0. The second-order valence-electron chi connectivity index (χ2n) is 4.28. The molecule has 1 N–H and O–H groups in total. The molecule has 0 aliphatic heterocycles. The summed E-state index contributed by atoms with van der Waals surface area (Å²) in [5.74, 6) is 1.45. The van der Waals surface area contributed by atoms with Crippen molar-refractivity contribution in [2.75, 3.05) is 7.05 Å². The van der Waals surface area contributed by atoms with Gasteiger partial charge < -0.3 is 4.52 Å². The van der Waals surface area contributed by atoms with E-state index in [9.17, 15) is 8.42 Å². The van der Waals surface area contributed by atoms with E-state index in [0.717, 1.165) is 0 Å². The van der Waals surface area contributed by atoms with Crippen LogP contribution in [-0.4, -0.2) is 40.1 Å². The van der Waals surface area contributed by atoms with Crippen molar-refractivity contribution in [2.24, 2.45) is 0 Å². The smallest absolute Gasteiger partial charge is 0.220 e. The molecule has 9 heteroatoms. The Bertz CT molecular complexity index is 660. The maximum Gasteiger partial charge on any atom is 0.220 e. The lowest BCUT2D eigenvalue weighted by atomic mass is 10.4. The van der Waals surface area contributed by atoms with Gasteiger partial charge in [-0.05, 0) is 13.8 Å². The van der Waals surface area contributed by atoms with Gasteiger partial charge in [-0.15, -0.1) is 0 Å². The van der Waals surface area contributed by atoms with Crippen molar-refractivity contribution in [3.63, 3.8) is 0 Å². The number of nitrogens with zero attached hydrogens (tertiary/aromatic N) is 4. The first-order valence-corrected chi connectivity index (χ1v) is 7.22. The van der Waals surface area contributed by atoms with Gasteiger partial charge in [0.25, 0.3) is 0 Å². The van der Waals surface area contributed by atoms with E-state index in [1.807, 2.05) is 0 Å². The van der Waals surface area contributed by atoms with Crippen LogP contribution in [0.5, 0.6) is 0 Å². The van der Waals surface area contributed by atoms with Gasteiger partial charge in [0.05, 0.1) is 6.54 Å². The van der Waals surface area contributed by atoms with E-state index < -0.39 is 10.0 Å². The number of aromatic amines is 1. The summed E-state index contributed by atoms with van der Waals surface area (Å²) in [5.41, 5.74) is 0.385. The fraction of sp³-hybridized carbons (Fsp3) is 0.500. The molecule has 0 atom stereocenters. The highest BCUT2D eigenvalue weighted by atomic mass is 32.2. The number of H-pyrrole nitrogens is 1. The van der Waals surface area contributed by atoms with E-state index in [2.05, 4.69) is 20.3 Å². The van der Waals surface area contributed by atoms with Crippen molar-refractivity contribution in [1.29, 1.82) is 0 Å². The van der Waals surface area contributed by atoms with E-state index >= 15 is 0 Å². The van der Waals surface area contributed by atoms with Gasteiger partial charge in [-0.2, -0.15) is 9.40 Å². The Hall–Kier alpha value is -1.74. The van der Waals surface area contributed by atoms with Gasteiger partial charge in [-0.3, -0.25) is 5.10 Å². The predicted octanol–water partition coefficient (Wildman–Crippen LogP) is 0.371. The van der Waals surface area contributed by atoms with Crippen molar-refractivity contribution >= 4 is 10.0 Å². The Labute approximate surface area is 110 Å². The highest BCUT2D eigenvalue weighted by molar-refractivity contribution is 7.88. The molecule has 19 heavy (non-hydrogen) atoms. The maximum atomic E-state index is 12.1. The van der Waals surface area contributed by atoms with Crippen molar-refractivity contribution in [3.05, 3.63) is 29.2 Å². The average Bonchev–Trinajstić information content (AvgIpc) is 2.87. The van der Waals surface area contributed by atoms with Crippen LogP contribution in [0.25, 0.3) is 0 Å². The molecule has 0 saturated carbocycles. The van der Waals surface area contributed by atoms with Gasteiger partial charge in [0.1, 0.15) is 23.0 Å². The normalized spacial score (nSPS) is 12.2. The SMILES string of the molecule is Cc1nc(CN(C)S(=O)(=O)Cc2cc(C)on2)n[nH]1. The largest absolute Gasteiger partial charge is 0.361 e. The summed E-state index contributed by atoms with van der Waals surface area (Å²) in [7, 11) is -1.99. The number of rotatable bonds is 5. The average molecular weight is 285 g/mol. The van der Waals surface area contributed by atoms with Crippen LogP contribution in [0.1, 0.15) is 23.1 Å². The number of hydrogen-bond donors (Lipinski definition) is 1. The molecule has 2 aromatic rings. The molecule has 0 fully saturated rings. The highest BCUT2D eigenvalue weighted by Crippen LogP contribution is 2.11. The van der Waals surface area contributed by atoms with Crippen LogP contribution in [0.4, 0.5) is 0 Å². The molecule has 8 nitrogen and oxygen atoms in total. The fourth-order valence-electron chi connectivity index (χ4n) is 1.54. The highest BCUT2D eigenvalue weighted by Gasteiger charge is 2.22. The van der Waals surface area contributed by atoms with Crippen LogP contribution >= 0.6 is 0 Å². The molecule has 0 unspecified atom stereocenters. The van der Waals surface area contributed by atoms with Gasteiger partial charge in [-0.1, -0.05) is 5.16 Å². The molecular formula is C10H15N5O3S. The van der Waals surface area contributed by atoms with Crippen LogP contribution in [0.15, 0.2) is 10.6 Å². The minimum atomic E-state index is -3.47. The number of sulfonamides is 1. The number of nitrogens with one attached hydrogen (secondary N) is 1. The monoisotopic (exact) mass is 285 g/mol. The zero-order valence-electron chi connectivity index (χ0n) is 10.9. The molecule has 0 amide bonds. The van der Waals surface area contributed by atoms with E-state index in [0.29, 0.717) is 23.1 Å². The van der Waals surface area contributed by atoms with E-state index in [1.165, 1.54) is 11.4 Å². The predicted molar refractivity (Wildman–Crippen MR) is 66.5 cm³/mol. The van der Waals surface area contributed by atoms with Gasteiger partial charge >= 0.3 is 0 Å². The van der Waals surface area contributed by atoms with Gasteiger partial charge in [0, 0.05) is 13.1 Å². The molecule has 0 bridgehead atoms. The Balaban J connectivity index is 2.06. The van der Waals surface area contributed by atoms with Gasteiger partial charge in [0.15, 0.2) is 5.82 Å². The molecule has 0 radical (unpaired) electrons. The topological polar surface area (TPSA) is 105 Å². The van der Waals surface area contributed by atoms with Crippen LogP contribution < -0.4 is 0 Å². The van der Waals surface area contributed by atoms with E-state index in [-0.39, 0.29) is 12.3 Å². The summed E-state index contributed by atoms with van der Waals surface area (Å²) in [6.45, 7) is 3.58. The molecule has 0 saturated heterocycles. The second-order valence-corrected chi connectivity index (χ2v) is 6.35. The fourth-order valence-corrected chi connectivity index (χ4v) is 2.58. The molecular weight excluding hydrogens is 270 g/mol. The first-order chi connectivity index (χ1) is 8.87. The molecule has 104 valence electrons. The van der Waals surface area contributed by atoms with Crippen LogP contribution in [0, 0.1) is 13.8 Å². The van der Waals surface area contributed by atoms with Crippen molar-refractivity contribution in [1.82, 2.24) is 24.6 Å². The zero-order chi connectivity index (χ0) is 14.0. The first-order valence-electron chi connectivity index (χ1n) is 5.61. The number of hydrogen-bond acceptors (Lipinski definition) is 6. The Morgan fingerprint density at radius 3 is 2.68 bits per heavy atom. The minimum Gasteiger partial charge on any atom is -0.361 e. The molecule has 0 aliphatic rings.